The molecule has 2 aromatic rings. The highest BCUT2D eigenvalue weighted by Crippen LogP contribution is 2.29. The first-order valence-corrected chi connectivity index (χ1v) is 7.86. The summed E-state index contributed by atoms with van der Waals surface area (Å²) in [5, 5.41) is -1.25. The van der Waals surface area contributed by atoms with E-state index in [2.05, 4.69) is 0 Å². The molecule has 0 saturated heterocycles. The highest BCUT2D eigenvalue weighted by Gasteiger charge is 2.21. The molecule has 116 valence electrons. The van der Waals surface area contributed by atoms with Gasteiger partial charge in [-0.05, 0) is 30.3 Å². The summed E-state index contributed by atoms with van der Waals surface area (Å²) in [6, 6.07) is 12.1. The lowest BCUT2D eigenvalue weighted by Crippen LogP contribution is -2.01. The van der Waals surface area contributed by atoms with Gasteiger partial charge in [-0.3, -0.25) is 0 Å². The minimum absolute atomic E-state index is 0.101. The monoisotopic (exact) mass is 322 g/mol. The number of halogens is 1. The Labute approximate surface area is 128 Å². The van der Waals surface area contributed by atoms with E-state index in [-0.39, 0.29) is 4.90 Å². The lowest BCUT2D eigenvalue weighted by Gasteiger charge is -2.08. The molecule has 4 nitrogen and oxygen atoms in total. The molecule has 2 rings (SSSR count). The maximum Gasteiger partial charge on any atom is 0.233 e. The highest BCUT2D eigenvalue weighted by molar-refractivity contribution is 7.95. The van der Waals surface area contributed by atoms with Crippen LogP contribution in [0.3, 0.4) is 0 Å². The molecule has 6 heteroatoms. The molecule has 0 aliphatic carbocycles. The summed E-state index contributed by atoms with van der Waals surface area (Å²) in [6.45, 7) is 0. The summed E-state index contributed by atoms with van der Waals surface area (Å²) >= 11 is 0. The molecule has 0 saturated carbocycles. The molecule has 0 unspecified atom stereocenters. The maximum atomic E-state index is 14.2. The minimum atomic E-state index is -4.17. The number of hydrogen-bond donors (Lipinski definition) is 0. The van der Waals surface area contributed by atoms with Crippen molar-refractivity contribution >= 4 is 15.9 Å². The molecule has 0 fully saturated rings. The molecule has 0 atom stereocenters. The van der Waals surface area contributed by atoms with Crippen LogP contribution < -0.4 is 9.47 Å². The fraction of sp³-hybridized carbons (Fsp3) is 0.125. The number of methoxy groups -OCH3 is 2. The Morgan fingerprint density at radius 2 is 1.73 bits per heavy atom. The van der Waals surface area contributed by atoms with E-state index in [4.69, 9.17) is 9.47 Å². The minimum Gasteiger partial charge on any atom is -0.497 e. The van der Waals surface area contributed by atoms with Gasteiger partial charge >= 0.3 is 0 Å². The average Bonchev–Trinajstić information content (AvgIpc) is 2.55. The second-order valence-electron chi connectivity index (χ2n) is 4.37. The van der Waals surface area contributed by atoms with E-state index in [0.717, 1.165) is 6.08 Å². The van der Waals surface area contributed by atoms with Gasteiger partial charge < -0.3 is 9.47 Å². The molecule has 0 aliphatic rings. The van der Waals surface area contributed by atoms with Crippen LogP contribution in [0.2, 0.25) is 0 Å². The predicted octanol–water partition coefficient (Wildman–Crippen LogP) is 3.45. The van der Waals surface area contributed by atoms with Gasteiger partial charge in [0, 0.05) is 11.6 Å². The Morgan fingerprint density at radius 1 is 1.05 bits per heavy atom. The third-order valence-corrected chi connectivity index (χ3v) is 4.54. The van der Waals surface area contributed by atoms with Crippen LogP contribution >= 0.6 is 0 Å². The zero-order chi connectivity index (χ0) is 16.2. The third kappa shape index (κ3) is 3.28. The number of sulfone groups is 1. The fourth-order valence-electron chi connectivity index (χ4n) is 1.85. The van der Waals surface area contributed by atoms with Crippen LogP contribution in [0.15, 0.2) is 58.6 Å². The molecular formula is C16H15FO4S. The van der Waals surface area contributed by atoms with E-state index in [1.54, 1.807) is 18.2 Å². The first-order chi connectivity index (χ1) is 10.5. The van der Waals surface area contributed by atoms with E-state index in [1.807, 2.05) is 0 Å². The Hall–Kier alpha value is -2.34. The van der Waals surface area contributed by atoms with Crippen molar-refractivity contribution in [3.05, 3.63) is 59.3 Å². The van der Waals surface area contributed by atoms with Gasteiger partial charge in [-0.2, -0.15) is 4.39 Å². The number of benzene rings is 2. The van der Waals surface area contributed by atoms with Crippen molar-refractivity contribution in [1.29, 1.82) is 0 Å². The molecule has 0 spiro atoms. The van der Waals surface area contributed by atoms with Crippen molar-refractivity contribution in [2.45, 2.75) is 4.90 Å². The molecule has 0 radical (unpaired) electrons. The van der Waals surface area contributed by atoms with Gasteiger partial charge in [-0.15, -0.1) is 0 Å². The molecule has 2 aromatic carbocycles. The Kier molecular flexibility index (Phi) is 4.82. The smallest absolute Gasteiger partial charge is 0.233 e. The van der Waals surface area contributed by atoms with Gasteiger partial charge in [-0.25, -0.2) is 8.42 Å². The largest absolute Gasteiger partial charge is 0.497 e. The maximum absolute atomic E-state index is 14.2. The topological polar surface area (TPSA) is 52.6 Å². The molecule has 0 N–H and O–H groups in total. The highest BCUT2D eigenvalue weighted by atomic mass is 32.2. The van der Waals surface area contributed by atoms with E-state index < -0.39 is 15.0 Å². The van der Waals surface area contributed by atoms with Gasteiger partial charge in [0.25, 0.3) is 0 Å². The lowest BCUT2D eigenvalue weighted by atomic mass is 10.2. The molecule has 0 amide bonds. The van der Waals surface area contributed by atoms with Crippen LogP contribution in [0.25, 0.3) is 6.08 Å². The zero-order valence-corrected chi connectivity index (χ0v) is 12.9. The van der Waals surface area contributed by atoms with Crippen molar-refractivity contribution in [2.75, 3.05) is 14.2 Å². The summed E-state index contributed by atoms with van der Waals surface area (Å²) in [4.78, 5) is -0.101. The summed E-state index contributed by atoms with van der Waals surface area (Å²) in [7, 11) is -1.27. The molecule has 0 bridgehead atoms. The van der Waals surface area contributed by atoms with Crippen LogP contribution in [0.5, 0.6) is 11.5 Å². The van der Waals surface area contributed by atoms with Crippen molar-refractivity contribution in [3.8, 4) is 11.5 Å². The standard InChI is InChI=1S/C16H15FO4S/c1-20-13-9-8-12(15(11-13)21-2)10-16(17)22(18,19)14-6-4-3-5-7-14/h3-11H,1-2H3/b16-10-. The SMILES string of the molecule is COc1ccc(/C=C(/F)S(=O)(=O)c2ccccc2)c(OC)c1. The third-order valence-electron chi connectivity index (χ3n) is 3.02. The Morgan fingerprint density at radius 3 is 2.32 bits per heavy atom. The van der Waals surface area contributed by atoms with Gasteiger partial charge in [0.05, 0.1) is 19.1 Å². The fourth-order valence-corrected chi connectivity index (χ4v) is 2.87. The second kappa shape index (κ2) is 6.62. The van der Waals surface area contributed by atoms with Crippen molar-refractivity contribution in [1.82, 2.24) is 0 Å². The number of rotatable bonds is 5. The van der Waals surface area contributed by atoms with Gasteiger partial charge in [0.1, 0.15) is 11.5 Å². The second-order valence-corrected chi connectivity index (χ2v) is 6.24. The van der Waals surface area contributed by atoms with Crippen LogP contribution in [0, 0.1) is 0 Å². The summed E-state index contributed by atoms with van der Waals surface area (Å²) in [6.07, 6.45) is 0.931. The average molecular weight is 322 g/mol. The lowest BCUT2D eigenvalue weighted by molar-refractivity contribution is 0.393. The van der Waals surface area contributed by atoms with Crippen molar-refractivity contribution in [3.63, 3.8) is 0 Å². The van der Waals surface area contributed by atoms with E-state index in [1.165, 1.54) is 44.6 Å². The van der Waals surface area contributed by atoms with Crippen LogP contribution in [0.4, 0.5) is 4.39 Å². The van der Waals surface area contributed by atoms with Crippen LogP contribution in [0.1, 0.15) is 5.56 Å². The van der Waals surface area contributed by atoms with Gasteiger partial charge in [-0.1, -0.05) is 18.2 Å². The Balaban J connectivity index is 2.45. The quantitative estimate of drug-likeness (QED) is 0.846. The van der Waals surface area contributed by atoms with E-state index >= 15 is 0 Å². The number of ether oxygens (including phenoxy) is 2. The molecule has 0 aromatic heterocycles. The molecule has 0 aliphatic heterocycles. The van der Waals surface area contributed by atoms with Gasteiger partial charge in [0.15, 0.2) is 0 Å². The first kappa shape index (κ1) is 16.0. The van der Waals surface area contributed by atoms with Gasteiger partial charge in [0.2, 0.25) is 15.0 Å². The predicted molar refractivity (Wildman–Crippen MR) is 82.3 cm³/mol. The van der Waals surface area contributed by atoms with Crippen molar-refractivity contribution in [2.24, 2.45) is 0 Å². The van der Waals surface area contributed by atoms with Crippen molar-refractivity contribution < 1.29 is 22.3 Å². The van der Waals surface area contributed by atoms with Crippen LogP contribution in [-0.4, -0.2) is 22.6 Å². The molecule has 0 heterocycles. The Bertz CT molecular complexity index is 783. The molecular weight excluding hydrogens is 307 g/mol. The summed E-state index contributed by atoms with van der Waals surface area (Å²) in [5.74, 6) is 0.845. The zero-order valence-electron chi connectivity index (χ0n) is 12.1. The van der Waals surface area contributed by atoms with E-state index in [9.17, 15) is 12.8 Å². The summed E-state index contributed by atoms with van der Waals surface area (Å²) in [5.41, 5.74) is 0.306. The molecule has 22 heavy (non-hydrogen) atoms. The summed E-state index contributed by atoms with van der Waals surface area (Å²) < 4.78 is 48.7. The van der Waals surface area contributed by atoms with Crippen LogP contribution in [-0.2, 0) is 9.84 Å². The first-order valence-electron chi connectivity index (χ1n) is 6.38. The normalized spacial score (nSPS) is 12.0. The number of hydrogen-bond acceptors (Lipinski definition) is 4. The van der Waals surface area contributed by atoms with E-state index in [0.29, 0.717) is 17.1 Å².